The van der Waals surface area contributed by atoms with Crippen LogP contribution in [0.1, 0.15) is 27.7 Å². The number of esters is 3. The molecule has 122 valence electrons. The molecule has 0 aromatic carbocycles. The molecule has 0 N–H and O–H groups in total. The summed E-state index contributed by atoms with van der Waals surface area (Å²) in [6, 6.07) is 0. The van der Waals surface area contributed by atoms with E-state index in [-0.39, 0.29) is 25.2 Å². The van der Waals surface area contributed by atoms with Crippen molar-refractivity contribution in [3.05, 3.63) is 11.6 Å². The second-order valence-electron chi connectivity index (χ2n) is 5.61. The Morgan fingerprint density at radius 1 is 1.14 bits per heavy atom. The van der Waals surface area contributed by atoms with Crippen LogP contribution in [0.5, 0.6) is 0 Å². The standard InChI is InChI=1S/C15H20O7/c1-8(16)19-6-5-11-12(7-20-9(2)17)15(4)14(22-15)13(11)21-10(3)18/h5,12-14H,6-7H2,1-4H3/b11-5+/t12-,13-,14-,15+/m0/s1. The molecule has 2 aliphatic rings. The van der Waals surface area contributed by atoms with Crippen LogP contribution in [0.3, 0.4) is 0 Å². The topological polar surface area (TPSA) is 91.4 Å². The van der Waals surface area contributed by atoms with Gasteiger partial charge in [0.2, 0.25) is 0 Å². The van der Waals surface area contributed by atoms with Crippen molar-refractivity contribution in [3.63, 3.8) is 0 Å². The molecule has 1 aliphatic carbocycles. The van der Waals surface area contributed by atoms with Gasteiger partial charge in [-0.25, -0.2) is 0 Å². The van der Waals surface area contributed by atoms with E-state index >= 15 is 0 Å². The summed E-state index contributed by atoms with van der Waals surface area (Å²) in [7, 11) is 0. The van der Waals surface area contributed by atoms with Crippen LogP contribution in [0, 0.1) is 5.92 Å². The predicted molar refractivity (Wildman–Crippen MR) is 73.7 cm³/mol. The molecule has 0 spiro atoms. The van der Waals surface area contributed by atoms with Crippen LogP contribution in [0.15, 0.2) is 11.6 Å². The smallest absolute Gasteiger partial charge is 0.303 e. The summed E-state index contributed by atoms with van der Waals surface area (Å²) in [5, 5.41) is 0. The van der Waals surface area contributed by atoms with Gasteiger partial charge in [0.15, 0.2) is 6.10 Å². The fraction of sp³-hybridized carbons (Fsp3) is 0.667. The molecule has 22 heavy (non-hydrogen) atoms. The maximum atomic E-state index is 11.3. The van der Waals surface area contributed by atoms with Crippen LogP contribution in [0.2, 0.25) is 0 Å². The Morgan fingerprint density at radius 3 is 2.32 bits per heavy atom. The van der Waals surface area contributed by atoms with E-state index in [4.69, 9.17) is 18.9 Å². The summed E-state index contributed by atoms with van der Waals surface area (Å²) < 4.78 is 21.0. The zero-order valence-electron chi connectivity index (χ0n) is 13.1. The molecule has 1 saturated carbocycles. The van der Waals surface area contributed by atoms with Gasteiger partial charge in [-0.15, -0.1) is 0 Å². The Morgan fingerprint density at radius 2 is 1.77 bits per heavy atom. The lowest BCUT2D eigenvalue weighted by Gasteiger charge is -2.22. The first-order chi connectivity index (χ1) is 10.3. The molecule has 7 nitrogen and oxygen atoms in total. The Kier molecular flexibility index (Phi) is 4.55. The average Bonchev–Trinajstić information content (AvgIpc) is 3.00. The fourth-order valence-corrected chi connectivity index (χ4v) is 2.87. The third-order valence-corrected chi connectivity index (χ3v) is 3.94. The van der Waals surface area contributed by atoms with E-state index in [1.807, 2.05) is 6.92 Å². The molecule has 0 bridgehead atoms. The molecule has 0 unspecified atom stereocenters. The van der Waals surface area contributed by atoms with Crippen molar-refractivity contribution < 1.29 is 33.3 Å². The van der Waals surface area contributed by atoms with Crippen molar-refractivity contribution in [1.29, 1.82) is 0 Å². The van der Waals surface area contributed by atoms with Crippen molar-refractivity contribution in [2.45, 2.75) is 45.5 Å². The lowest BCUT2D eigenvalue weighted by molar-refractivity contribution is -0.147. The van der Waals surface area contributed by atoms with Gasteiger partial charge in [0.25, 0.3) is 0 Å². The highest BCUT2D eigenvalue weighted by Gasteiger charge is 2.70. The van der Waals surface area contributed by atoms with Crippen LogP contribution >= 0.6 is 0 Å². The Hall–Kier alpha value is -1.89. The van der Waals surface area contributed by atoms with E-state index in [1.165, 1.54) is 20.8 Å². The Labute approximate surface area is 128 Å². The number of hydrogen-bond acceptors (Lipinski definition) is 7. The van der Waals surface area contributed by atoms with Gasteiger partial charge in [0.1, 0.15) is 24.9 Å². The second kappa shape index (κ2) is 6.08. The lowest BCUT2D eigenvalue weighted by atomic mass is 9.93. The molecule has 2 fully saturated rings. The number of carbonyl (C=O) groups is 3. The van der Waals surface area contributed by atoms with Crippen LogP contribution in [-0.4, -0.2) is 48.9 Å². The van der Waals surface area contributed by atoms with E-state index in [1.54, 1.807) is 6.08 Å². The van der Waals surface area contributed by atoms with E-state index in [9.17, 15) is 14.4 Å². The summed E-state index contributed by atoms with van der Waals surface area (Å²) in [4.78, 5) is 33.2. The molecule has 1 aliphatic heterocycles. The highest BCUT2D eigenvalue weighted by molar-refractivity contribution is 5.67. The van der Waals surface area contributed by atoms with Crippen LogP contribution < -0.4 is 0 Å². The fourth-order valence-electron chi connectivity index (χ4n) is 2.87. The van der Waals surface area contributed by atoms with E-state index < -0.39 is 29.6 Å². The maximum absolute atomic E-state index is 11.3. The molecule has 1 heterocycles. The number of fused-ring (bicyclic) bond motifs is 1. The van der Waals surface area contributed by atoms with Crippen LogP contribution in [-0.2, 0) is 33.3 Å². The van der Waals surface area contributed by atoms with Crippen molar-refractivity contribution >= 4 is 17.9 Å². The quantitative estimate of drug-likeness (QED) is 0.320. The molecular weight excluding hydrogens is 292 g/mol. The molecule has 7 heteroatoms. The minimum atomic E-state index is -0.543. The van der Waals surface area contributed by atoms with Gasteiger partial charge in [-0.05, 0) is 18.6 Å². The number of carbonyl (C=O) groups excluding carboxylic acids is 3. The van der Waals surface area contributed by atoms with Gasteiger partial charge in [0, 0.05) is 26.7 Å². The Bertz CT molecular complexity index is 524. The molecule has 4 atom stereocenters. The lowest BCUT2D eigenvalue weighted by Crippen LogP contribution is -2.27. The molecular formula is C15H20O7. The molecule has 1 saturated heterocycles. The Balaban J connectivity index is 2.17. The molecule has 0 amide bonds. The first-order valence-corrected chi connectivity index (χ1v) is 7.07. The van der Waals surface area contributed by atoms with Gasteiger partial charge < -0.3 is 18.9 Å². The highest BCUT2D eigenvalue weighted by atomic mass is 16.7. The molecule has 0 radical (unpaired) electrons. The van der Waals surface area contributed by atoms with E-state index in [2.05, 4.69) is 0 Å². The van der Waals surface area contributed by atoms with Gasteiger partial charge in [-0.1, -0.05) is 0 Å². The number of rotatable bonds is 5. The number of ether oxygens (including phenoxy) is 4. The van der Waals surface area contributed by atoms with Gasteiger partial charge >= 0.3 is 17.9 Å². The first kappa shape index (κ1) is 16.5. The third-order valence-electron chi connectivity index (χ3n) is 3.94. The van der Waals surface area contributed by atoms with Crippen molar-refractivity contribution in [3.8, 4) is 0 Å². The third kappa shape index (κ3) is 3.30. The predicted octanol–water partition coefficient (Wildman–Crippen LogP) is 0.758. The van der Waals surface area contributed by atoms with Crippen LogP contribution in [0.4, 0.5) is 0 Å². The highest BCUT2D eigenvalue weighted by Crippen LogP contribution is 2.57. The number of hydrogen-bond donors (Lipinski definition) is 0. The summed E-state index contributed by atoms with van der Waals surface area (Å²) in [5.74, 6) is -1.45. The van der Waals surface area contributed by atoms with Gasteiger partial charge in [-0.2, -0.15) is 0 Å². The second-order valence-corrected chi connectivity index (χ2v) is 5.61. The van der Waals surface area contributed by atoms with Gasteiger partial charge in [0.05, 0.1) is 0 Å². The summed E-state index contributed by atoms with van der Waals surface area (Å²) in [6.07, 6.45) is 0.892. The minimum Gasteiger partial charge on any atom is -0.465 e. The number of epoxide rings is 1. The summed E-state index contributed by atoms with van der Waals surface area (Å²) in [6.45, 7) is 6.05. The monoisotopic (exact) mass is 312 g/mol. The SMILES string of the molecule is CC(=O)OC/C=C1/[C@H](OC(C)=O)[C@@H]2O[C@]2(C)[C@H]1COC(C)=O. The maximum Gasteiger partial charge on any atom is 0.303 e. The normalized spacial score (nSPS) is 34.0. The summed E-state index contributed by atoms with van der Waals surface area (Å²) in [5.41, 5.74) is 0.230. The minimum absolute atomic E-state index is 0.0712. The van der Waals surface area contributed by atoms with Crippen molar-refractivity contribution in [1.82, 2.24) is 0 Å². The average molecular weight is 312 g/mol. The van der Waals surface area contributed by atoms with E-state index in [0.717, 1.165) is 5.57 Å². The van der Waals surface area contributed by atoms with Crippen molar-refractivity contribution in [2.75, 3.05) is 13.2 Å². The molecule has 2 rings (SSSR count). The van der Waals surface area contributed by atoms with Crippen LogP contribution in [0.25, 0.3) is 0 Å². The first-order valence-electron chi connectivity index (χ1n) is 7.07. The zero-order chi connectivity index (χ0) is 16.5. The van der Waals surface area contributed by atoms with Crippen molar-refractivity contribution in [2.24, 2.45) is 5.92 Å². The molecule has 0 aromatic rings. The summed E-state index contributed by atoms with van der Waals surface area (Å²) >= 11 is 0. The van der Waals surface area contributed by atoms with Gasteiger partial charge in [-0.3, -0.25) is 14.4 Å². The van der Waals surface area contributed by atoms with E-state index in [0.29, 0.717) is 0 Å². The zero-order valence-corrected chi connectivity index (χ0v) is 13.1. The largest absolute Gasteiger partial charge is 0.465 e. The molecule has 0 aromatic heterocycles.